The van der Waals surface area contributed by atoms with Crippen LogP contribution in [0.3, 0.4) is 0 Å². The lowest BCUT2D eigenvalue weighted by Gasteiger charge is -2.11. The van der Waals surface area contributed by atoms with Crippen molar-refractivity contribution in [2.24, 2.45) is 0 Å². The van der Waals surface area contributed by atoms with E-state index >= 15 is 0 Å². The highest BCUT2D eigenvalue weighted by Crippen LogP contribution is 2.32. The van der Waals surface area contributed by atoms with Gasteiger partial charge in [0.2, 0.25) is 5.91 Å². The Balaban J connectivity index is 1.44. The van der Waals surface area contributed by atoms with Gasteiger partial charge in [-0.3, -0.25) is 15.0 Å². The Kier molecular flexibility index (Phi) is 9.66. The third kappa shape index (κ3) is 8.43. The van der Waals surface area contributed by atoms with Crippen LogP contribution in [0.15, 0.2) is 71.8 Å². The van der Waals surface area contributed by atoms with E-state index in [1.807, 2.05) is 4.83 Å². The van der Waals surface area contributed by atoms with Gasteiger partial charge in [-0.15, -0.1) is 4.83 Å². The maximum absolute atomic E-state index is 12.7. The lowest BCUT2D eigenvalue weighted by Crippen LogP contribution is -2.41. The molecule has 0 spiro atoms. The van der Waals surface area contributed by atoms with Crippen LogP contribution in [0.2, 0.25) is 5.02 Å². The normalized spacial score (nSPS) is 11.6. The minimum Gasteiger partial charge on any atom is -0.369 e. The number of hydrogen-bond donors (Lipinski definition) is 4. The van der Waals surface area contributed by atoms with Crippen LogP contribution in [-0.4, -0.2) is 31.8 Å². The van der Waals surface area contributed by atoms with E-state index in [1.165, 1.54) is 18.2 Å². The zero-order valence-electron chi connectivity index (χ0n) is 19.7. The van der Waals surface area contributed by atoms with Gasteiger partial charge in [0.25, 0.3) is 15.9 Å². The molecule has 202 valence electrons. The van der Waals surface area contributed by atoms with E-state index in [0.717, 1.165) is 6.07 Å². The van der Waals surface area contributed by atoms with Crippen molar-refractivity contribution in [3.63, 3.8) is 0 Å². The number of halogens is 4. The van der Waals surface area contributed by atoms with Crippen molar-refractivity contribution < 1.29 is 31.2 Å². The fraction of sp³-hybridized carbons (Fsp3) is 0.208. The third-order valence-electron chi connectivity index (χ3n) is 5.06. The summed E-state index contributed by atoms with van der Waals surface area (Å²) in [6.07, 6.45) is -3.81. The van der Waals surface area contributed by atoms with Gasteiger partial charge in [-0.1, -0.05) is 41.9 Å². The molecular weight excluding hydrogens is 547 g/mol. The number of nitrogens with one attached hydrogen (secondary N) is 4. The SMILES string of the molecule is O=C(CCCNc1ncc(C(F)(F)F)cc1Cl)NNS(=O)(=O)c1cccc(CNC(=O)c2ccccc2)c1. The molecule has 38 heavy (non-hydrogen) atoms. The van der Waals surface area contributed by atoms with E-state index in [2.05, 4.69) is 21.0 Å². The van der Waals surface area contributed by atoms with Crippen LogP contribution in [0.4, 0.5) is 19.0 Å². The van der Waals surface area contributed by atoms with Gasteiger partial charge in [-0.2, -0.15) is 13.2 Å². The van der Waals surface area contributed by atoms with Crippen LogP contribution in [0.1, 0.15) is 34.3 Å². The number of aromatic nitrogens is 1. The average Bonchev–Trinajstić information content (AvgIpc) is 2.89. The number of carbonyl (C=O) groups excluding carboxylic acids is 2. The summed E-state index contributed by atoms with van der Waals surface area (Å²) in [5, 5.41) is 5.20. The molecule has 0 bridgehead atoms. The number of hydrogen-bond acceptors (Lipinski definition) is 6. The van der Waals surface area contributed by atoms with Gasteiger partial charge in [0, 0.05) is 31.3 Å². The minimum absolute atomic E-state index is 0.0283. The van der Waals surface area contributed by atoms with Gasteiger partial charge >= 0.3 is 6.18 Å². The van der Waals surface area contributed by atoms with E-state index in [9.17, 15) is 31.2 Å². The molecule has 0 atom stereocenters. The fourth-order valence-electron chi connectivity index (χ4n) is 3.12. The van der Waals surface area contributed by atoms with E-state index in [-0.39, 0.29) is 47.6 Å². The largest absolute Gasteiger partial charge is 0.417 e. The highest BCUT2D eigenvalue weighted by molar-refractivity contribution is 7.89. The van der Waals surface area contributed by atoms with Crippen molar-refractivity contribution >= 4 is 39.3 Å². The van der Waals surface area contributed by atoms with Gasteiger partial charge in [-0.25, -0.2) is 13.4 Å². The number of alkyl halides is 3. The highest BCUT2D eigenvalue weighted by atomic mass is 35.5. The first-order valence-corrected chi connectivity index (χ1v) is 13.0. The van der Waals surface area contributed by atoms with Gasteiger partial charge in [0.05, 0.1) is 15.5 Å². The summed E-state index contributed by atoms with van der Waals surface area (Å²) in [6, 6.07) is 15.1. The Bertz CT molecular complexity index is 1390. The Morgan fingerprint density at radius 1 is 1.00 bits per heavy atom. The maximum Gasteiger partial charge on any atom is 0.417 e. The molecule has 9 nitrogen and oxygen atoms in total. The molecule has 2 aromatic carbocycles. The molecule has 4 N–H and O–H groups in total. The summed E-state index contributed by atoms with van der Waals surface area (Å²) in [6.45, 7) is 0.239. The summed E-state index contributed by atoms with van der Waals surface area (Å²) in [5.41, 5.74) is 2.12. The molecular formula is C24H23ClF3N5O4S. The molecule has 3 aromatic rings. The molecule has 0 radical (unpaired) electrons. The highest BCUT2D eigenvalue weighted by Gasteiger charge is 2.31. The number of benzene rings is 2. The number of sulfonamides is 1. The van der Waals surface area contributed by atoms with Crippen LogP contribution in [-0.2, 0) is 27.5 Å². The monoisotopic (exact) mass is 569 g/mol. The third-order valence-corrected chi connectivity index (χ3v) is 6.60. The Hall–Kier alpha value is -3.68. The van der Waals surface area contributed by atoms with Crippen molar-refractivity contribution in [3.05, 3.63) is 88.6 Å². The van der Waals surface area contributed by atoms with Crippen molar-refractivity contribution in [2.45, 2.75) is 30.5 Å². The minimum atomic E-state index is -4.57. The summed E-state index contributed by atoms with van der Waals surface area (Å²) in [7, 11) is -4.09. The number of carbonyl (C=O) groups is 2. The smallest absolute Gasteiger partial charge is 0.369 e. The van der Waals surface area contributed by atoms with E-state index in [0.29, 0.717) is 17.3 Å². The van der Waals surface area contributed by atoms with Crippen molar-refractivity contribution in [1.82, 2.24) is 20.6 Å². The van der Waals surface area contributed by atoms with Gasteiger partial charge in [-0.05, 0) is 42.3 Å². The number of anilines is 1. The van der Waals surface area contributed by atoms with Crippen molar-refractivity contribution in [3.8, 4) is 0 Å². The number of rotatable bonds is 11. The predicted molar refractivity (Wildman–Crippen MR) is 134 cm³/mol. The Morgan fingerprint density at radius 2 is 1.74 bits per heavy atom. The van der Waals surface area contributed by atoms with Crippen LogP contribution in [0.5, 0.6) is 0 Å². The molecule has 14 heteroatoms. The molecule has 0 aliphatic carbocycles. The molecule has 0 aliphatic heterocycles. The maximum atomic E-state index is 12.7. The summed E-state index contributed by atoms with van der Waals surface area (Å²) < 4.78 is 63.2. The second kappa shape index (κ2) is 12.7. The number of nitrogens with zero attached hydrogens (tertiary/aromatic N) is 1. The van der Waals surface area contributed by atoms with Crippen molar-refractivity contribution in [2.75, 3.05) is 11.9 Å². The number of amides is 2. The van der Waals surface area contributed by atoms with Crippen LogP contribution in [0, 0.1) is 0 Å². The zero-order chi connectivity index (χ0) is 27.8. The first-order chi connectivity index (χ1) is 18.0. The lowest BCUT2D eigenvalue weighted by atomic mass is 10.2. The summed E-state index contributed by atoms with van der Waals surface area (Å²) >= 11 is 5.81. The molecule has 0 saturated carbocycles. The molecule has 0 saturated heterocycles. The lowest BCUT2D eigenvalue weighted by molar-refractivity contribution is -0.137. The van der Waals surface area contributed by atoms with Crippen LogP contribution >= 0.6 is 11.6 Å². The standard InChI is InChI=1S/C24H23ClF3N5O4S/c25-20-13-18(24(26,27)28)15-30-22(20)29-11-5-10-21(34)32-33-38(36,37)19-9-4-6-16(12-19)14-31-23(35)17-7-2-1-3-8-17/h1-4,6-9,12-13,15,33H,5,10-11,14H2,(H,29,30)(H,31,35)(H,32,34). The molecule has 1 aromatic heterocycles. The Labute approximate surface area is 221 Å². The van der Waals surface area contributed by atoms with Crippen molar-refractivity contribution in [1.29, 1.82) is 0 Å². The van der Waals surface area contributed by atoms with E-state index < -0.39 is 27.7 Å². The molecule has 0 fully saturated rings. The summed E-state index contributed by atoms with van der Waals surface area (Å²) in [5.74, 6) is -0.913. The van der Waals surface area contributed by atoms with E-state index in [1.54, 1.807) is 36.4 Å². The molecule has 0 aliphatic rings. The topological polar surface area (TPSA) is 129 Å². The van der Waals surface area contributed by atoms with Crippen LogP contribution in [0.25, 0.3) is 0 Å². The van der Waals surface area contributed by atoms with Gasteiger partial charge in [0.15, 0.2) is 0 Å². The fourth-order valence-corrected chi connectivity index (χ4v) is 4.28. The predicted octanol–water partition coefficient (Wildman–Crippen LogP) is 3.89. The quantitative estimate of drug-likeness (QED) is 0.205. The first-order valence-electron chi connectivity index (χ1n) is 11.1. The zero-order valence-corrected chi connectivity index (χ0v) is 21.3. The molecule has 3 rings (SSSR count). The van der Waals surface area contributed by atoms with E-state index in [4.69, 9.17) is 11.6 Å². The molecule has 0 unspecified atom stereocenters. The molecule has 1 heterocycles. The average molecular weight is 570 g/mol. The van der Waals surface area contributed by atoms with Crippen LogP contribution < -0.4 is 20.9 Å². The van der Waals surface area contributed by atoms with Gasteiger partial charge in [0.1, 0.15) is 5.82 Å². The first kappa shape index (κ1) is 28.9. The molecule has 2 amide bonds. The number of pyridine rings is 1. The second-order valence-electron chi connectivity index (χ2n) is 7.93. The second-order valence-corrected chi connectivity index (χ2v) is 10.0. The Morgan fingerprint density at radius 3 is 2.42 bits per heavy atom. The van der Waals surface area contributed by atoms with Gasteiger partial charge < -0.3 is 10.6 Å². The summed E-state index contributed by atoms with van der Waals surface area (Å²) in [4.78, 5) is 29.8. The number of hydrazine groups is 1.